The van der Waals surface area contributed by atoms with Crippen LogP contribution < -0.4 is 11.1 Å². The van der Waals surface area contributed by atoms with Gasteiger partial charge >= 0.3 is 5.97 Å². The van der Waals surface area contributed by atoms with Gasteiger partial charge < -0.3 is 16.2 Å². The van der Waals surface area contributed by atoms with Gasteiger partial charge in [0.25, 0.3) is 0 Å². The minimum atomic E-state index is -1.05. The fourth-order valence-corrected chi connectivity index (χ4v) is 1.88. The average Bonchev–Trinajstić information content (AvgIpc) is 2.44. The lowest BCUT2D eigenvalue weighted by atomic mass is 10.0. The number of nitrogens with two attached hydrogens (primary N) is 1. The average molecular weight is 278 g/mol. The van der Waals surface area contributed by atoms with Crippen molar-refractivity contribution in [2.45, 2.75) is 44.7 Å². The van der Waals surface area contributed by atoms with Crippen LogP contribution in [0.15, 0.2) is 30.3 Å². The Morgan fingerprint density at radius 3 is 2.50 bits per heavy atom. The van der Waals surface area contributed by atoms with Crippen LogP contribution in [0.2, 0.25) is 0 Å². The van der Waals surface area contributed by atoms with Crippen molar-refractivity contribution >= 4 is 11.9 Å². The Morgan fingerprint density at radius 1 is 1.30 bits per heavy atom. The molecule has 0 fully saturated rings. The van der Waals surface area contributed by atoms with Crippen molar-refractivity contribution in [2.75, 3.05) is 0 Å². The predicted molar refractivity (Wildman–Crippen MR) is 77.2 cm³/mol. The van der Waals surface area contributed by atoms with Gasteiger partial charge in [-0.05, 0) is 12.0 Å². The summed E-state index contributed by atoms with van der Waals surface area (Å²) in [5, 5.41) is 11.7. The number of hydrogen-bond acceptors (Lipinski definition) is 3. The molecule has 2 atom stereocenters. The van der Waals surface area contributed by atoms with E-state index in [-0.39, 0.29) is 6.42 Å². The number of rotatable bonds is 8. The van der Waals surface area contributed by atoms with E-state index in [0.29, 0.717) is 6.42 Å². The molecule has 0 heterocycles. The van der Waals surface area contributed by atoms with E-state index in [4.69, 9.17) is 5.73 Å². The summed E-state index contributed by atoms with van der Waals surface area (Å²) in [6, 6.07) is 7.60. The van der Waals surface area contributed by atoms with Crippen LogP contribution in [0.1, 0.15) is 31.7 Å². The lowest BCUT2D eigenvalue weighted by Crippen LogP contribution is -2.49. The molecule has 1 aromatic carbocycles. The second-order valence-electron chi connectivity index (χ2n) is 4.84. The first kappa shape index (κ1) is 16.2. The molecule has 0 aliphatic rings. The molecular formula is C15H22N2O3. The summed E-state index contributed by atoms with van der Waals surface area (Å²) in [5.41, 5.74) is 6.60. The van der Waals surface area contributed by atoms with Crippen molar-refractivity contribution in [1.82, 2.24) is 5.32 Å². The number of unbranched alkanes of at least 4 members (excludes halogenated alkanes) is 1. The molecule has 1 aromatic rings. The van der Waals surface area contributed by atoms with E-state index in [1.165, 1.54) is 0 Å². The van der Waals surface area contributed by atoms with Crippen LogP contribution >= 0.6 is 0 Å². The largest absolute Gasteiger partial charge is 0.480 e. The molecule has 0 aliphatic heterocycles. The fourth-order valence-electron chi connectivity index (χ4n) is 1.88. The molecule has 0 radical (unpaired) electrons. The zero-order valence-corrected chi connectivity index (χ0v) is 11.7. The van der Waals surface area contributed by atoms with Crippen molar-refractivity contribution in [3.05, 3.63) is 35.9 Å². The van der Waals surface area contributed by atoms with E-state index in [1.807, 2.05) is 37.3 Å². The first-order chi connectivity index (χ1) is 9.54. The number of carbonyl (C=O) groups excluding carboxylic acids is 1. The normalized spacial score (nSPS) is 13.5. The summed E-state index contributed by atoms with van der Waals surface area (Å²) >= 11 is 0. The van der Waals surface area contributed by atoms with Gasteiger partial charge in [-0.15, -0.1) is 0 Å². The van der Waals surface area contributed by atoms with Crippen LogP contribution in [0, 0.1) is 0 Å². The summed E-state index contributed by atoms with van der Waals surface area (Å²) in [4.78, 5) is 23.1. The molecule has 20 heavy (non-hydrogen) atoms. The first-order valence-corrected chi connectivity index (χ1v) is 6.87. The molecule has 0 aromatic heterocycles. The third-order valence-corrected chi connectivity index (χ3v) is 3.10. The molecule has 4 N–H and O–H groups in total. The highest BCUT2D eigenvalue weighted by Crippen LogP contribution is 2.05. The number of hydrogen-bond donors (Lipinski definition) is 3. The molecule has 1 rings (SSSR count). The Labute approximate surface area is 119 Å². The summed E-state index contributed by atoms with van der Waals surface area (Å²) in [7, 11) is 0. The van der Waals surface area contributed by atoms with Gasteiger partial charge in [0.05, 0.1) is 6.04 Å². The van der Waals surface area contributed by atoms with Crippen LogP contribution in [0.4, 0.5) is 0 Å². The number of carboxylic acids is 1. The number of aliphatic carboxylic acids is 1. The molecule has 0 saturated carbocycles. The molecule has 5 heteroatoms. The van der Waals surface area contributed by atoms with Gasteiger partial charge in [-0.3, -0.25) is 4.79 Å². The number of carboxylic acid groups (broad SMARTS) is 1. The molecule has 0 saturated heterocycles. The van der Waals surface area contributed by atoms with E-state index < -0.39 is 24.0 Å². The van der Waals surface area contributed by atoms with Crippen LogP contribution in [-0.4, -0.2) is 29.1 Å². The van der Waals surface area contributed by atoms with E-state index in [1.54, 1.807) is 0 Å². The van der Waals surface area contributed by atoms with Crippen LogP contribution in [0.3, 0.4) is 0 Å². The molecule has 110 valence electrons. The van der Waals surface area contributed by atoms with Gasteiger partial charge in [-0.2, -0.15) is 0 Å². The molecule has 0 spiro atoms. The Balaban J connectivity index is 2.59. The van der Waals surface area contributed by atoms with Crippen molar-refractivity contribution in [3.8, 4) is 0 Å². The van der Waals surface area contributed by atoms with E-state index in [9.17, 15) is 14.7 Å². The molecule has 1 amide bonds. The fraction of sp³-hybridized carbons (Fsp3) is 0.467. The Hall–Kier alpha value is -1.88. The molecule has 0 aliphatic carbocycles. The third kappa shape index (κ3) is 5.40. The minimum absolute atomic E-state index is 0.252. The highest BCUT2D eigenvalue weighted by Gasteiger charge is 2.23. The molecular weight excluding hydrogens is 256 g/mol. The summed E-state index contributed by atoms with van der Waals surface area (Å²) in [6.07, 6.45) is 2.63. The monoisotopic (exact) mass is 278 g/mol. The Morgan fingerprint density at radius 2 is 1.95 bits per heavy atom. The zero-order valence-electron chi connectivity index (χ0n) is 11.7. The first-order valence-electron chi connectivity index (χ1n) is 6.87. The topological polar surface area (TPSA) is 92.4 Å². The lowest BCUT2D eigenvalue weighted by molar-refractivity contribution is -0.142. The number of amides is 1. The van der Waals surface area contributed by atoms with Crippen molar-refractivity contribution in [3.63, 3.8) is 0 Å². The standard InChI is InChI=1S/C15H22N2O3/c1-2-3-9-12(16)14(18)17-13(15(19)20)10-11-7-5-4-6-8-11/h4-8,12-13H,2-3,9-10,16H2,1H3,(H,17,18)(H,19,20)/t12-,13?/m0/s1. The zero-order chi connectivity index (χ0) is 15.0. The lowest BCUT2D eigenvalue weighted by Gasteiger charge is -2.17. The predicted octanol–water partition coefficient (Wildman–Crippen LogP) is 1.32. The maximum absolute atomic E-state index is 11.9. The summed E-state index contributed by atoms with van der Waals surface area (Å²) < 4.78 is 0. The highest BCUT2D eigenvalue weighted by atomic mass is 16.4. The molecule has 0 bridgehead atoms. The van der Waals surface area contributed by atoms with Crippen molar-refractivity contribution < 1.29 is 14.7 Å². The van der Waals surface area contributed by atoms with Crippen molar-refractivity contribution in [1.29, 1.82) is 0 Å². The molecule has 1 unspecified atom stereocenters. The minimum Gasteiger partial charge on any atom is -0.480 e. The van der Waals surface area contributed by atoms with Crippen LogP contribution in [-0.2, 0) is 16.0 Å². The Bertz CT molecular complexity index is 434. The number of benzene rings is 1. The smallest absolute Gasteiger partial charge is 0.326 e. The maximum atomic E-state index is 11.9. The SMILES string of the molecule is CCCC[C@H](N)C(=O)NC(Cc1ccccc1)C(=O)O. The number of nitrogens with one attached hydrogen (secondary N) is 1. The van der Waals surface area contributed by atoms with Gasteiger partial charge in [0.2, 0.25) is 5.91 Å². The van der Waals surface area contributed by atoms with Crippen LogP contribution in [0.5, 0.6) is 0 Å². The van der Waals surface area contributed by atoms with Gasteiger partial charge in [0.1, 0.15) is 6.04 Å². The van der Waals surface area contributed by atoms with Gasteiger partial charge in [0, 0.05) is 6.42 Å². The maximum Gasteiger partial charge on any atom is 0.326 e. The van der Waals surface area contributed by atoms with Gasteiger partial charge in [-0.1, -0.05) is 50.1 Å². The second-order valence-corrected chi connectivity index (χ2v) is 4.84. The van der Waals surface area contributed by atoms with E-state index in [0.717, 1.165) is 18.4 Å². The van der Waals surface area contributed by atoms with Crippen LogP contribution in [0.25, 0.3) is 0 Å². The highest BCUT2D eigenvalue weighted by molar-refractivity contribution is 5.86. The van der Waals surface area contributed by atoms with E-state index in [2.05, 4.69) is 5.32 Å². The number of carbonyl (C=O) groups is 2. The second kappa shape index (κ2) is 8.32. The van der Waals surface area contributed by atoms with Gasteiger partial charge in [-0.25, -0.2) is 4.79 Å². The van der Waals surface area contributed by atoms with Gasteiger partial charge in [0.15, 0.2) is 0 Å². The third-order valence-electron chi connectivity index (χ3n) is 3.10. The molecule has 5 nitrogen and oxygen atoms in total. The Kier molecular flexibility index (Phi) is 6.73. The quantitative estimate of drug-likeness (QED) is 0.668. The van der Waals surface area contributed by atoms with E-state index >= 15 is 0 Å². The summed E-state index contributed by atoms with van der Waals surface area (Å²) in [6.45, 7) is 2.01. The summed E-state index contributed by atoms with van der Waals surface area (Å²) in [5.74, 6) is -1.45. The van der Waals surface area contributed by atoms with Crippen molar-refractivity contribution in [2.24, 2.45) is 5.73 Å².